The van der Waals surface area contributed by atoms with Crippen molar-refractivity contribution in [2.75, 3.05) is 7.11 Å². The molecule has 0 saturated carbocycles. The van der Waals surface area contributed by atoms with Crippen molar-refractivity contribution in [1.82, 2.24) is 4.31 Å². The predicted octanol–water partition coefficient (Wildman–Crippen LogP) is 4.23. The SMILES string of the molecule is COc1ccc([C@H]2N(S(=O)(=O)c3ccc(C)cc3)C(=O)[C@]2(C)c2ccccc2)cc1. The Balaban J connectivity index is 1.85. The number of amides is 1. The molecule has 1 saturated heterocycles. The number of hydrogen-bond acceptors (Lipinski definition) is 4. The molecule has 6 heteroatoms. The van der Waals surface area contributed by atoms with Gasteiger partial charge in [0, 0.05) is 0 Å². The van der Waals surface area contributed by atoms with Crippen molar-refractivity contribution in [3.05, 3.63) is 95.6 Å². The van der Waals surface area contributed by atoms with E-state index >= 15 is 0 Å². The maximum Gasteiger partial charge on any atom is 0.267 e. The first-order chi connectivity index (χ1) is 14.3. The van der Waals surface area contributed by atoms with Gasteiger partial charge in [0.25, 0.3) is 10.0 Å². The second kappa shape index (κ2) is 7.29. The zero-order valence-corrected chi connectivity index (χ0v) is 17.9. The van der Waals surface area contributed by atoms with Gasteiger partial charge in [0.05, 0.1) is 23.5 Å². The summed E-state index contributed by atoms with van der Waals surface area (Å²) in [5.74, 6) is 0.230. The topological polar surface area (TPSA) is 63.7 Å². The van der Waals surface area contributed by atoms with Gasteiger partial charge in [-0.3, -0.25) is 4.79 Å². The molecule has 1 fully saturated rings. The van der Waals surface area contributed by atoms with Gasteiger partial charge in [-0.25, -0.2) is 12.7 Å². The first kappa shape index (κ1) is 20.2. The molecule has 5 nitrogen and oxygen atoms in total. The predicted molar refractivity (Wildman–Crippen MR) is 115 cm³/mol. The number of ether oxygens (including phenoxy) is 1. The number of carbonyl (C=O) groups excluding carboxylic acids is 1. The number of benzene rings is 3. The van der Waals surface area contributed by atoms with Crippen molar-refractivity contribution in [2.24, 2.45) is 0 Å². The van der Waals surface area contributed by atoms with Crippen molar-refractivity contribution >= 4 is 15.9 Å². The number of rotatable bonds is 5. The molecule has 0 N–H and O–H groups in total. The van der Waals surface area contributed by atoms with Gasteiger partial charge in [0.2, 0.25) is 5.91 Å². The van der Waals surface area contributed by atoms with Crippen LogP contribution in [-0.4, -0.2) is 25.7 Å². The summed E-state index contributed by atoms with van der Waals surface area (Å²) in [6.45, 7) is 3.69. The van der Waals surface area contributed by atoms with Gasteiger partial charge in [-0.1, -0.05) is 60.2 Å². The van der Waals surface area contributed by atoms with E-state index in [1.54, 1.807) is 50.4 Å². The fourth-order valence-electron chi connectivity index (χ4n) is 4.02. The molecule has 3 aromatic rings. The monoisotopic (exact) mass is 421 g/mol. The molecule has 3 aromatic carbocycles. The Labute approximate surface area is 177 Å². The molecule has 154 valence electrons. The van der Waals surface area contributed by atoms with Crippen LogP contribution < -0.4 is 4.74 Å². The third-order valence-corrected chi connectivity index (χ3v) is 7.57. The molecule has 4 rings (SSSR count). The molecule has 0 bridgehead atoms. The van der Waals surface area contributed by atoms with E-state index in [4.69, 9.17) is 4.74 Å². The minimum absolute atomic E-state index is 0.107. The van der Waals surface area contributed by atoms with Crippen LogP contribution >= 0.6 is 0 Å². The molecule has 0 aromatic heterocycles. The lowest BCUT2D eigenvalue weighted by Crippen LogP contribution is -2.66. The van der Waals surface area contributed by atoms with Crippen molar-refractivity contribution in [1.29, 1.82) is 0 Å². The molecule has 1 amide bonds. The standard InChI is InChI=1S/C24H23NO4S/c1-17-9-15-21(16-10-17)30(27,28)25-22(18-11-13-20(29-3)14-12-18)24(2,23(25)26)19-7-5-4-6-8-19/h4-16,22H,1-3H3/t22-,24-/m1/s1. The lowest BCUT2D eigenvalue weighted by Gasteiger charge is -2.53. The van der Waals surface area contributed by atoms with Gasteiger partial charge in [0.1, 0.15) is 5.75 Å². The lowest BCUT2D eigenvalue weighted by molar-refractivity contribution is -0.149. The summed E-state index contributed by atoms with van der Waals surface area (Å²) >= 11 is 0. The van der Waals surface area contributed by atoms with Crippen molar-refractivity contribution in [3.8, 4) is 5.75 Å². The summed E-state index contributed by atoms with van der Waals surface area (Å²) in [5.41, 5.74) is 1.47. The van der Waals surface area contributed by atoms with E-state index in [0.29, 0.717) is 5.75 Å². The van der Waals surface area contributed by atoms with E-state index in [2.05, 4.69) is 0 Å². The largest absolute Gasteiger partial charge is 0.497 e. The van der Waals surface area contributed by atoms with Gasteiger partial charge in [-0.05, 0) is 49.2 Å². The smallest absolute Gasteiger partial charge is 0.267 e. The Hall–Kier alpha value is -3.12. The van der Waals surface area contributed by atoms with Crippen LogP contribution in [-0.2, 0) is 20.2 Å². The van der Waals surface area contributed by atoms with Gasteiger partial charge in [-0.2, -0.15) is 0 Å². The minimum atomic E-state index is -4.01. The molecular formula is C24H23NO4S. The highest BCUT2D eigenvalue weighted by Crippen LogP contribution is 2.54. The quantitative estimate of drug-likeness (QED) is 0.578. The van der Waals surface area contributed by atoms with E-state index < -0.39 is 27.4 Å². The molecule has 2 atom stereocenters. The normalized spacial score (nSPS) is 21.2. The number of methoxy groups -OCH3 is 1. The summed E-state index contributed by atoms with van der Waals surface area (Å²) in [5, 5.41) is 0. The second-order valence-electron chi connectivity index (χ2n) is 7.66. The molecule has 1 aliphatic rings. The summed E-state index contributed by atoms with van der Waals surface area (Å²) in [6, 6.07) is 22.4. The zero-order valence-electron chi connectivity index (χ0n) is 17.1. The molecule has 1 heterocycles. The first-order valence-corrected chi connectivity index (χ1v) is 11.1. The lowest BCUT2D eigenvalue weighted by atomic mass is 9.66. The maximum atomic E-state index is 13.4. The Morgan fingerprint density at radius 3 is 2.07 bits per heavy atom. The van der Waals surface area contributed by atoms with Crippen molar-refractivity contribution in [3.63, 3.8) is 0 Å². The number of aryl methyl sites for hydroxylation is 1. The number of hydrogen-bond donors (Lipinski definition) is 0. The summed E-state index contributed by atoms with van der Waals surface area (Å²) in [7, 11) is -2.43. The fourth-order valence-corrected chi connectivity index (χ4v) is 5.75. The second-order valence-corrected chi connectivity index (χ2v) is 9.48. The zero-order chi connectivity index (χ0) is 21.5. The average molecular weight is 422 g/mol. The molecule has 0 aliphatic carbocycles. The summed E-state index contributed by atoms with van der Waals surface area (Å²) in [4.78, 5) is 13.5. The Morgan fingerprint density at radius 1 is 0.900 bits per heavy atom. The van der Waals surface area contributed by atoms with Crippen LogP contribution in [0.15, 0.2) is 83.8 Å². The number of β-lactam (4-membered cyclic amide) rings is 1. The molecule has 0 radical (unpaired) electrons. The highest BCUT2D eigenvalue weighted by atomic mass is 32.2. The third-order valence-electron chi connectivity index (χ3n) is 5.81. The first-order valence-electron chi connectivity index (χ1n) is 9.65. The van der Waals surface area contributed by atoms with Crippen molar-refractivity contribution in [2.45, 2.75) is 30.2 Å². The van der Waals surface area contributed by atoms with Crippen LogP contribution in [0.2, 0.25) is 0 Å². The van der Waals surface area contributed by atoms with Gasteiger partial charge >= 0.3 is 0 Å². The molecule has 1 aliphatic heterocycles. The van der Waals surface area contributed by atoms with E-state index in [1.807, 2.05) is 49.4 Å². The molecular weight excluding hydrogens is 398 g/mol. The van der Waals surface area contributed by atoms with E-state index in [1.165, 1.54) is 0 Å². The molecule has 0 unspecified atom stereocenters. The van der Waals surface area contributed by atoms with Crippen LogP contribution in [0.25, 0.3) is 0 Å². The number of carbonyl (C=O) groups is 1. The minimum Gasteiger partial charge on any atom is -0.497 e. The third kappa shape index (κ3) is 2.99. The van der Waals surface area contributed by atoms with E-state index in [9.17, 15) is 13.2 Å². The van der Waals surface area contributed by atoms with Gasteiger partial charge in [-0.15, -0.1) is 0 Å². The molecule has 30 heavy (non-hydrogen) atoms. The van der Waals surface area contributed by atoms with E-state index in [-0.39, 0.29) is 4.90 Å². The van der Waals surface area contributed by atoms with Crippen LogP contribution in [0.3, 0.4) is 0 Å². The summed E-state index contributed by atoms with van der Waals surface area (Å²) in [6.07, 6.45) is 0. The fraction of sp³-hybridized carbons (Fsp3) is 0.208. The summed E-state index contributed by atoms with van der Waals surface area (Å²) < 4.78 is 33.1. The average Bonchev–Trinajstić information content (AvgIpc) is 2.77. The van der Waals surface area contributed by atoms with Crippen LogP contribution in [0.1, 0.15) is 29.7 Å². The Morgan fingerprint density at radius 2 is 1.50 bits per heavy atom. The highest BCUT2D eigenvalue weighted by Gasteiger charge is 2.63. The Kier molecular flexibility index (Phi) is 4.90. The Bertz CT molecular complexity index is 1170. The number of nitrogens with zero attached hydrogens (tertiary/aromatic N) is 1. The molecule has 0 spiro atoms. The van der Waals surface area contributed by atoms with Crippen LogP contribution in [0.4, 0.5) is 0 Å². The van der Waals surface area contributed by atoms with Gasteiger partial charge in [0.15, 0.2) is 0 Å². The van der Waals surface area contributed by atoms with Crippen molar-refractivity contribution < 1.29 is 17.9 Å². The van der Waals surface area contributed by atoms with Crippen LogP contribution in [0.5, 0.6) is 5.75 Å². The van der Waals surface area contributed by atoms with Crippen LogP contribution in [0, 0.1) is 6.92 Å². The van der Waals surface area contributed by atoms with Gasteiger partial charge < -0.3 is 4.74 Å². The number of sulfonamides is 1. The maximum absolute atomic E-state index is 13.4. The van der Waals surface area contributed by atoms with E-state index in [0.717, 1.165) is 21.0 Å². The highest BCUT2D eigenvalue weighted by molar-refractivity contribution is 7.89.